The van der Waals surface area contributed by atoms with Crippen molar-refractivity contribution < 1.29 is 0 Å². The molecule has 0 saturated carbocycles. The van der Waals surface area contributed by atoms with Crippen molar-refractivity contribution in [1.29, 1.82) is 0 Å². The lowest BCUT2D eigenvalue weighted by atomic mass is 10.1. The quantitative estimate of drug-likeness (QED) is 0.705. The van der Waals surface area contributed by atoms with Gasteiger partial charge in [0.05, 0.1) is 0 Å². The van der Waals surface area contributed by atoms with Gasteiger partial charge in [0.15, 0.2) is 11.6 Å². The minimum absolute atomic E-state index is 0.725. The van der Waals surface area contributed by atoms with Crippen LogP contribution >= 0.6 is 0 Å². The molecule has 0 aliphatic heterocycles. The number of aromatic nitrogens is 3. The van der Waals surface area contributed by atoms with Crippen LogP contribution in [0.5, 0.6) is 0 Å². The molecule has 0 atom stereocenters. The first-order valence-electron chi connectivity index (χ1n) is 6.98. The highest BCUT2D eigenvalue weighted by Crippen LogP contribution is 2.21. The van der Waals surface area contributed by atoms with E-state index in [2.05, 4.69) is 53.1 Å². The van der Waals surface area contributed by atoms with Gasteiger partial charge in [0.25, 0.3) is 0 Å². The first-order chi connectivity index (χ1) is 10.1. The first kappa shape index (κ1) is 13.4. The minimum Gasteiger partial charge on any atom is -0.213 e. The summed E-state index contributed by atoms with van der Waals surface area (Å²) in [5, 5.41) is 0. The Bertz CT molecular complexity index is 730. The second kappa shape index (κ2) is 5.44. The molecule has 0 fully saturated rings. The zero-order chi connectivity index (χ0) is 14.8. The van der Waals surface area contributed by atoms with E-state index < -0.39 is 0 Å². The van der Waals surface area contributed by atoms with Crippen molar-refractivity contribution in [3.05, 3.63) is 65.5 Å². The third kappa shape index (κ3) is 2.97. The predicted molar refractivity (Wildman–Crippen MR) is 84.9 cm³/mol. The van der Waals surface area contributed by atoms with Crippen LogP contribution in [0.3, 0.4) is 0 Å². The van der Waals surface area contributed by atoms with E-state index in [4.69, 9.17) is 0 Å². The third-order valence-corrected chi connectivity index (χ3v) is 3.30. The average Bonchev–Trinajstić information content (AvgIpc) is 2.46. The highest BCUT2D eigenvalue weighted by atomic mass is 15.0. The molecule has 1 aromatic heterocycles. The second-order valence-corrected chi connectivity index (χ2v) is 5.27. The summed E-state index contributed by atoms with van der Waals surface area (Å²) in [6.07, 6.45) is 0. The molecule has 3 nitrogen and oxygen atoms in total. The number of benzene rings is 2. The Morgan fingerprint density at radius 1 is 0.619 bits per heavy atom. The maximum atomic E-state index is 4.63. The summed E-state index contributed by atoms with van der Waals surface area (Å²) in [4.78, 5) is 13.6. The maximum absolute atomic E-state index is 4.63. The van der Waals surface area contributed by atoms with Gasteiger partial charge in [-0.15, -0.1) is 0 Å². The van der Waals surface area contributed by atoms with Crippen molar-refractivity contribution in [2.75, 3.05) is 0 Å². The molecular formula is C18H17N3. The number of hydrogen-bond donors (Lipinski definition) is 0. The summed E-state index contributed by atoms with van der Waals surface area (Å²) in [6, 6.07) is 16.4. The van der Waals surface area contributed by atoms with E-state index in [0.717, 1.165) is 28.6 Å². The van der Waals surface area contributed by atoms with E-state index in [1.54, 1.807) is 0 Å². The molecule has 0 unspecified atom stereocenters. The third-order valence-electron chi connectivity index (χ3n) is 3.30. The molecule has 0 aliphatic rings. The summed E-state index contributed by atoms with van der Waals surface area (Å²) >= 11 is 0. The van der Waals surface area contributed by atoms with Crippen LogP contribution in [-0.4, -0.2) is 15.0 Å². The summed E-state index contributed by atoms with van der Waals surface area (Å²) in [5.41, 5.74) is 4.44. The van der Waals surface area contributed by atoms with E-state index in [1.807, 2.05) is 31.2 Å². The topological polar surface area (TPSA) is 38.7 Å². The monoisotopic (exact) mass is 275 g/mol. The van der Waals surface area contributed by atoms with Gasteiger partial charge in [-0.25, -0.2) is 15.0 Å². The summed E-state index contributed by atoms with van der Waals surface area (Å²) in [5.74, 6) is 2.18. The summed E-state index contributed by atoms with van der Waals surface area (Å²) in [6.45, 7) is 6.04. The first-order valence-corrected chi connectivity index (χ1v) is 6.98. The lowest BCUT2D eigenvalue weighted by molar-refractivity contribution is 0.991. The Kier molecular flexibility index (Phi) is 3.48. The lowest BCUT2D eigenvalue weighted by Gasteiger charge is -2.06. The molecule has 0 amide bonds. The Morgan fingerprint density at radius 2 is 1.10 bits per heavy atom. The smallest absolute Gasteiger partial charge is 0.163 e. The van der Waals surface area contributed by atoms with Crippen molar-refractivity contribution in [2.45, 2.75) is 20.8 Å². The predicted octanol–water partition coefficient (Wildman–Crippen LogP) is 4.13. The maximum Gasteiger partial charge on any atom is 0.163 e. The van der Waals surface area contributed by atoms with E-state index >= 15 is 0 Å². The van der Waals surface area contributed by atoms with E-state index in [9.17, 15) is 0 Å². The van der Waals surface area contributed by atoms with E-state index in [-0.39, 0.29) is 0 Å². The van der Waals surface area contributed by atoms with Gasteiger partial charge in [0.2, 0.25) is 0 Å². The van der Waals surface area contributed by atoms with Gasteiger partial charge < -0.3 is 0 Å². The molecule has 0 saturated heterocycles. The van der Waals surface area contributed by atoms with Crippen LogP contribution in [0.1, 0.15) is 17.0 Å². The molecule has 21 heavy (non-hydrogen) atoms. The van der Waals surface area contributed by atoms with Crippen molar-refractivity contribution >= 4 is 0 Å². The molecule has 3 rings (SSSR count). The molecule has 1 heterocycles. The summed E-state index contributed by atoms with van der Waals surface area (Å²) < 4.78 is 0. The zero-order valence-electron chi connectivity index (χ0n) is 12.5. The van der Waals surface area contributed by atoms with Gasteiger partial charge in [0, 0.05) is 11.1 Å². The van der Waals surface area contributed by atoms with Crippen molar-refractivity contribution in [3.63, 3.8) is 0 Å². The van der Waals surface area contributed by atoms with Crippen molar-refractivity contribution in [1.82, 2.24) is 15.0 Å². The van der Waals surface area contributed by atoms with Crippen LogP contribution in [0.4, 0.5) is 0 Å². The zero-order valence-corrected chi connectivity index (χ0v) is 12.5. The highest BCUT2D eigenvalue weighted by Gasteiger charge is 2.08. The Labute approximate surface area is 124 Å². The fourth-order valence-corrected chi connectivity index (χ4v) is 2.31. The van der Waals surface area contributed by atoms with Gasteiger partial charge in [-0.1, -0.05) is 47.5 Å². The number of hydrogen-bond acceptors (Lipinski definition) is 3. The van der Waals surface area contributed by atoms with E-state index in [1.165, 1.54) is 11.1 Å². The molecule has 2 aromatic carbocycles. The van der Waals surface area contributed by atoms with Crippen molar-refractivity contribution in [3.8, 4) is 22.8 Å². The number of nitrogens with zero attached hydrogens (tertiary/aromatic N) is 3. The molecule has 3 aromatic rings. The Balaban J connectivity index is 2.12. The average molecular weight is 275 g/mol. The van der Waals surface area contributed by atoms with Crippen LogP contribution in [0, 0.1) is 20.8 Å². The minimum atomic E-state index is 0.725. The molecule has 0 bridgehead atoms. The van der Waals surface area contributed by atoms with Gasteiger partial charge in [-0.05, 0) is 32.9 Å². The van der Waals surface area contributed by atoms with Gasteiger partial charge >= 0.3 is 0 Å². The molecule has 0 N–H and O–H groups in total. The van der Waals surface area contributed by atoms with E-state index in [0.29, 0.717) is 0 Å². The molecule has 0 spiro atoms. The largest absolute Gasteiger partial charge is 0.213 e. The number of rotatable bonds is 2. The highest BCUT2D eigenvalue weighted by molar-refractivity contribution is 5.61. The Morgan fingerprint density at radius 3 is 1.52 bits per heavy atom. The lowest BCUT2D eigenvalue weighted by Crippen LogP contribution is -1.99. The van der Waals surface area contributed by atoms with Gasteiger partial charge in [-0.3, -0.25) is 0 Å². The van der Waals surface area contributed by atoms with Crippen LogP contribution in [0.2, 0.25) is 0 Å². The normalized spacial score (nSPS) is 10.6. The molecule has 0 radical (unpaired) electrons. The molecule has 104 valence electrons. The number of aryl methyl sites for hydroxylation is 3. The SMILES string of the molecule is Cc1cccc(-c2nc(C)nc(-c3cccc(C)c3)n2)c1. The summed E-state index contributed by atoms with van der Waals surface area (Å²) in [7, 11) is 0. The molecular weight excluding hydrogens is 258 g/mol. The van der Waals surface area contributed by atoms with Crippen molar-refractivity contribution in [2.24, 2.45) is 0 Å². The van der Waals surface area contributed by atoms with Crippen LogP contribution in [0.25, 0.3) is 22.8 Å². The van der Waals surface area contributed by atoms with Crippen LogP contribution in [0.15, 0.2) is 48.5 Å². The fraction of sp³-hybridized carbons (Fsp3) is 0.167. The fourth-order valence-electron chi connectivity index (χ4n) is 2.31. The van der Waals surface area contributed by atoms with Gasteiger partial charge in [0.1, 0.15) is 5.82 Å². The van der Waals surface area contributed by atoms with Gasteiger partial charge in [-0.2, -0.15) is 0 Å². The standard InChI is InChI=1S/C18H17N3/c1-12-6-4-8-15(10-12)17-19-14(3)20-18(21-17)16-9-5-7-13(2)11-16/h4-11H,1-3H3. The second-order valence-electron chi connectivity index (χ2n) is 5.27. The Hall–Kier alpha value is -2.55. The van der Waals surface area contributed by atoms with Crippen LogP contribution in [-0.2, 0) is 0 Å². The van der Waals surface area contributed by atoms with Crippen LogP contribution < -0.4 is 0 Å². The molecule has 0 aliphatic carbocycles. The molecule has 3 heteroatoms.